The number of anilines is 1. The Labute approximate surface area is 145 Å². The molecule has 0 saturated carbocycles. The standard InChI is InChI=1S/C18H22FN3O3/c1-11(2)22-10-13(18(24)25)17(23)12-8-14(19)16(9-15(12)22)21-6-4-20(3)5-7-21/h8-11H,4-7H2,1-3H3,(H,24,25). The van der Waals surface area contributed by atoms with Crippen molar-refractivity contribution in [2.24, 2.45) is 0 Å². The molecular formula is C18H22FN3O3. The van der Waals surface area contributed by atoms with Crippen molar-refractivity contribution >= 4 is 22.6 Å². The van der Waals surface area contributed by atoms with Crippen molar-refractivity contribution in [3.63, 3.8) is 0 Å². The van der Waals surface area contributed by atoms with Gasteiger partial charge in [0.05, 0.1) is 11.2 Å². The van der Waals surface area contributed by atoms with E-state index in [9.17, 15) is 19.1 Å². The number of carboxylic acids is 1. The molecule has 1 aliphatic heterocycles. The van der Waals surface area contributed by atoms with E-state index in [0.717, 1.165) is 13.1 Å². The monoisotopic (exact) mass is 347 g/mol. The Kier molecular flexibility index (Phi) is 4.51. The number of likely N-dealkylation sites (N-methyl/N-ethyl adjacent to an activating group) is 1. The van der Waals surface area contributed by atoms with Gasteiger partial charge in [0.2, 0.25) is 5.43 Å². The maximum absolute atomic E-state index is 14.7. The minimum absolute atomic E-state index is 0.0630. The minimum Gasteiger partial charge on any atom is -0.477 e. The Balaban J connectivity index is 2.22. The van der Waals surface area contributed by atoms with Crippen molar-refractivity contribution in [3.05, 3.63) is 39.9 Å². The molecular weight excluding hydrogens is 325 g/mol. The summed E-state index contributed by atoms with van der Waals surface area (Å²) in [6.07, 6.45) is 1.35. The van der Waals surface area contributed by atoms with E-state index in [2.05, 4.69) is 4.90 Å². The van der Waals surface area contributed by atoms with Crippen LogP contribution < -0.4 is 10.3 Å². The third-order valence-electron chi connectivity index (χ3n) is 4.73. The largest absolute Gasteiger partial charge is 0.477 e. The molecule has 0 atom stereocenters. The Bertz CT molecular complexity index is 883. The third-order valence-corrected chi connectivity index (χ3v) is 4.73. The number of halogens is 1. The molecule has 7 heteroatoms. The normalized spacial score (nSPS) is 16.0. The quantitative estimate of drug-likeness (QED) is 0.922. The highest BCUT2D eigenvalue weighted by Crippen LogP contribution is 2.27. The number of rotatable bonds is 3. The molecule has 0 bridgehead atoms. The highest BCUT2D eigenvalue weighted by Gasteiger charge is 2.22. The molecule has 3 rings (SSSR count). The topological polar surface area (TPSA) is 65.8 Å². The molecule has 1 fully saturated rings. The van der Waals surface area contributed by atoms with Gasteiger partial charge in [0.25, 0.3) is 0 Å². The fourth-order valence-corrected chi connectivity index (χ4v) is 3.23. The molecule has 1 aliphatic rings. The molecule has 0 amide bonds. The number of carboxylic acid groups (broad SMARTS) is 1. The van der Waals surface area contributed by atoms with E-state index in [1.807, 2.05) is 25.8 Å². The summed E-state index contributed by atoms with van der Waals surface area (Å²) in [4.78, 5) is 27.9. The van der Waals surface area contributed by atoms with E-state index in [4.69, 9.17) is 0 Å². The Morgan fingerprint density at radius 1 is 1.20 bits per heavy atom. The second kappa shape index (κ2) is 6.48. The van der Waals surface area contributed by atoms with E-state index >= 15 is 0 Å². The molecule has 2 aromatic rings. The van der Waals surface area contributed by atoms with E-state index < -0.39 is 17.2 Å². The van der Waals surface area contributed by atoms with Crippen LogP contribution in [0.25, 0.3) is 10.9 Å². The van der Waals surface area contributed by atoms with E-state index in [-0.39, 0.29) is 17.0 Å². The fourth-order valence-electron chi connectivity index (χ4n) is 3.23. The van der Waals surface area contributed by atoms with E-state index in [0.29, 0.717) is 24.3 Å². The molecule has 1 aromatic carbocycles. The molecule has 1 saturated heterocycles. The number of benzene rings is 1. The van der Waals surface area contributed by atoms with Gasteiger partial charge in [0, 0.05) is 43.8 Å². The number of fused-ring (bicyclic) bond motifs is 1. The second-order valence-corrected chi connectivity index (χ2v) is 6.79. The van der Waals surface area contributed by atoms with Crippen LogP contribution in [0.1, 0.15) is 30.2 Å². The molecule has 0 spiro atoms. The Hall–Kier alpha value is -2.41. The lowest BCUT2D eigenvalue weighted by Crippen LogP contribution is -2.44. The predicted octanol–water partition coefficient (Wildman–Crippen LogP) is 2.17. The van der Waals surface area contributed by atoms with Gasteiger partial charge >= 0.3 is 5.97 Å². The summed E-state index contributed by atoms with van der Waals surface area (Å²) in [5.41, 5.74) is 0.0222. The SMILES string of the molecule is CC(C)n1cc(C(=O)O)c(=O)c2cc(F)c(N3CCN(C)CC3)cc21. The number of carbonyl (C=O) groups is 1. The maximum Gasteiger partial charge on any atom is 0.341 e. The summed E-state index contributed by atoms with van der Waals surface area (Å²) in [6, 6.07) is 2.78. The maximum atomic E-state index is 14.7. The van der Waals surface area contributed by atoms with Crippen LogP contribution in [0.4, 0.5) is 10.1 Å². The molecule has 0 radical (unpaired) electrons. The number of hydrogen-bond acceptors (Lipinski definition) is 4. The Morgan fingerprint density at radius 3 is 2.40 bits per heavy atom. The van der Waals surface area contributed by atoms with Crippen LogP contribution >= 0.6 is 0 Å². The molecule has 134 valence electrons. The number of pyridine rings is 1. The lowest BCUT2D eigenvalue weighted by atomic mass is 10.1. The Morgan fingerprint density at radius 2 is 1.84 bits per heavy atom. The van der Waals surface area contributed by atoms with Gasteiger partial charge in [-0.1, -0.05) is 0 Å². The van der Waals surface area contributed by atoms with Crippen LogP contribution in [-0.4, -0.2) is 53.8 Å². The molecule has 1 aromatic heterocycles. The molecule has 2 heterocycles. The van der Waals surface area contributed by atoms with Crippen LogP contribution in [0.2, 0.25) is 0 Å². The van der Waals surface area contributed by atoms with Gasteiger partial charge in [-0.05, 0) is 33.0 Å². The average Bonchev–Trinajstić information content (AvgIpc) is 2.55. The summed E-state index contributed by atoms with van der Waals surface area (Å²) in [5, 5.41) is 9.36. The summed E-state index contributed by atoms with van der Waals surface area (Å²) in [5.74, 6) is -1.79. The van der Waals surface area contributed by atoms with Crippen LogP contribution in [0, 0.1) is 5.82 Å². The number of nitrogens with zero attached hydrogens (tertiary/aromatic N) is 3. The van der Waals surface area contributed by atoms with Gasteiger partial charge in [-0.25, -0.2) is 9.18 Å². The summed E-state index contributed by atoms with van der Waals surface area (Å²) in [7, 11) is 2.03. The summed E-state index contributed by atoms with van der Waals surface area (Å²) >= 11 is 0. The van der Waals surface area contributed by atoms with E-state index in [1.54, 1.807) is 10.6 Å². The van der Waals surface area contributed by atoms with Crippen molar-refractivity contribution < 1.29 is 14.3 Å². The molecule has 1 N–H and O–H groups in total. The van der Waals surface area contributed by atoms with Gasteiger partial charge in [0.1, 0.15) is 11.4 Å². The summed E-state index contributed by atoms with van der Waals surface area (Å²) in [6.45, 7) is 6.89. The molecule has 0 unspecified atom stereocenters. The van der Waals surface area contributed by atoms with Gasteiger partial charge in [-0.2, -0.15) is 0 Å². The zero-order valence-electron chi connectivity index (χ0n) is 14.6. The van der Waals surface area contributed by atoms with Crippen molar-refractivity contribution in [1.82, 2.24) is 9.47 Å². The molecule has 0 aliphatic carbocycles. The smallest absolute Gasteiger partial charge is 0.341 e. The number of hydrogen-bond donors (Lipinski definition) is 1. The van der Waals surface area contributed by atoms with Crippen LogP contribution in [0.3, 0.4) is 0 Å². The highest BCUT2D eigenvalue weighted by molar-refractivity contribution is 5.93. The van der Waals surface area contributed by atoms with Gasteiger partial charge in [-0.3, -0.25) is 4.79 Å². The van der Waals surface area contributed by atoms with Gasteiger partial charge in [-0.15, -0.1) is 0 Å². The number of piperazine rings is 1. The lowest BCUT2D eigenvalue weighted by Gasteiger charge is -2.34. The highest BCUT2D eigenvalue weighted by atomic mass is 19.1. The average molecular weight is 347 g/mol. The predicted molar refractivity (Wildman–Crippen MR) is 95.2 cm³/mol. The second-order valence-electron chi connectivity index (χ2n) is 6.79. The zero-order valence-corrected chi connectivity index (χ0v) is 14.6. The molecule has 6 nitrogen and oxygen atoms in total. The van der Waals surface area contributed by atoms with Crippen molar-refractivity contribution in [2.45, 2.75) is 19.9 Å². The zero-order chi connectivity index (χ0) is 18.3. The fraction of sp³-hybridized carbons (Fsp3) is 0.444. The minimum atomic E-state index is -1.30. The van der Waals surface area contributed by atoms with Gasteiger partial charge in [0.15, 0.2) is 0 Å². The van der Waals surface area contributed by atoms with E-state index in [1.165, 1.54) is 12.3 Å². The first kappa shape index (κ1) is 17.4. The van der Waals surface area contributed by atoms with Crippen LogP contribution in [-0.2, 0) is 0 Å². The van der Waals surface area contributed by atoms with Crippen molar-refractivity contribution in [2.75, 3.05) is 38.1 Å². The summed E-state index contributed by atoms with van der Waals surface area (Å²) < 4.78 is 16.4. The van der Waals surface area contributed by atoms with Crippen LogP contribution in [0.15, 0.2) is 23.1 Å². The third kappa shape index (κ3) is 3.11. The molecule has 25 heavy (non-hydrogen) atoms. The first-order valence-corrected chi connectivity index (χ1v) is 8.34. The van der Waals surface area contributed by atoms with Crippen molar-refractivity contribution in [3.8, 4) is 0 Å². The lowest BCUT2D eigenvalue weighted by molar-refractivity contribution is 0.0694. The van der Waals surface area contributed by atoms with Gasteiger partial charge < -0.3 is 19.5 Å². The van der Waals surface area contributed by atoms with Crippen LogP contribution in [0.5, 0.6) is 0 Å². The number of aromatic carboxylic acids is 1. The van der Waals surface area contributed by atoms with Crippen molar-refractivity contribution in [1.29, 1.82) is 0 Å². The first-order valence-electron chi connectivity index (χ1n) is 8.34. The number of aromatic nitrogens is 1. The first-order chi connectivity index (χ1) is 11.8.